The molecule has 152 valence electrons. The molecule has 29 heavy (non-hydrogen) atoms. The highest BCUT2D eigenvalue weighted by molar-refractivity contribution is 8.00. The van der Waals surface area contributed by atoms with Crippen molar-refractivity contribution >= 4 is 41.9 Å². The minimum Gasteiger partial charge on any atom is -0.477 e. The zero-order valence-corrected chi connectivity index (χ0v) is 15.3. The molecule has 13 heteroatoms. The Kier molecular flexibility index (Phi) is 5.68. The van der Waals surface area contributed by atoms with E-state index in [4.69, 9.17) is 9.47 Å². The maximum Gasteiger partial charge on any atom is 0.514 e. The molecule has 0 aromatic heterocycles. The Balaban J connectivity index is 1.65. The first-order valence-corrected chi connectivity index (χ1v) is 9.07. The monoisotopic (exact) mass is 423 g/mol. The molecule has 0 bridgehead atoms. The lowest BCUT2D eigenvalue weighted by molar-refractivity contribution is -0.384. The van der Waals surface area contributed by atoms with Gasteiger partial charge in [0.05, 0.1) is 4.92 Å². The number of carboxylic acid groups (broad SMARTS) is 1. The van der Waals surface area contributed by atoms with E-state index < -0.39 is 41.0 Å². The van der Waals surface area contributed by atoms with Crippen molar-refractivity contribution in [2.75, 3.05) is 12.4 Å². The predicted molar refractivity (Wildman–Crippen MR) is 95.8 cm³/mol. The lowest BCUT2D eigenvalue weighted by Gasteiger charge is -2.48. The fourth-order valence-electron chi connectivity index (χ4n) is 2.80. The van der Waals surface area contributed by atoms with Crippen LogP contribution in [0.5, 0.6) is 5.75 Å². The molecule has 2 aliphatic rings. The van der Waals surface area contributed by atoms with E-state index in [1.807, 2.05) is 0 Å². The molecule has 1 fully saturated rings. The second-order valence-electron chi connectivity index (χ2n) is 5.82. The molecule has 2 amide bonds. The molecule has 1 unspecified atom stereocenters. The number of non-ortho nitro benzene ring substituents is 1. The molecule has 0 radical (unpaired) electrons. The van der Waals surface area contributed by atoms with E-state index in [0.717, 1.165) is 17.0 Å². The van der Waals surface area contributed by atoms with Crippen LogP contribution in [0.25, 0.3) is 0 Å². The van der Waals surface area contributed by atoms with Gasteiger partial charge in [-0.05, 0) is 12.1 Å². The standard InChI is InChI=1S/C16H13N3O9S/c20-7-17-11-13(21)18-12(15(22)23)8(6-29-14(11)18)5-27-16(24)28-10-3-1-9(2-4-10)19(25)26/h1-4,7,11,14H,5-6H2,(H,17,20)(H,22,23)/t11?,14-/m1/s1. The van der Waals surface area contributed by atoms with Crippen LogP contribution in [-0.4, -0.2) is 63.1 Å². The molecule has 1 aromatic carbocycles. The molecule has 12 nitrogen and oxygen atoms in total. The molecule has 0 spiro atoms. The van der Waals surface area contributed by atoms with Gasteiger partial charge in [-0.15, -0.1) is 11.8 Å². The van der Waals surface area contributed by atoms with E-state index in [-0.39, 0.29) is 28.5 Å². The average molecular weight is 423 g/mol. The first-order chi connectivity index (χ1) is 13.8. The van der Waals surface area contributed by atoms with Gasteiger partial charge in [0.25, 0.3) is 11.6 Å². The van der Waals surface area contributed by atoms with Crippen molar-refractivity contribution in [3.8, 4) is 5.75 Å². The van der Waals surface area contributed by atoms with Crippen LogP contribution in [0.1, 0.15) is 0 Å². The van der Waals surface area contributed by atoms with Crippen molar-refractivity contribution in [1.29, 1.82) is 0 Å². The summed E-state index contributed by atoms with van der Waals surface area (Å²) in [6, 6.07) is 3.90. The highest BCUT2D eigenvalue weighted by Gasteiger charge is 2.53. The number of hydrogen-bond donors (Lipinski definition) is 2. The Morgan fingerprint density at radius 2 is 2.07 bits per heavy atom. The SMILES string of the molecule is O=CNC1C(=O)N2C(C(=O)O)=C(COC(=O)Oc3ccc([N+](=O)[O-])cc3)CS[C@H]12. The fraction of sp³-hybridized carbons (Fsp3) is 0.250. The van der Waals surface area contributed by atoms with Crippen LogP contribution in [0, 0.1) is 10.1 Å². The average Bonchev–Trinajstić information content (AvgIpc) is 2.69. The number of aliphatic carboxylic acids is 1. The molecular weight excluding hydrogens is 410 g/mol. The maximum absolute atomic E-state index is 12.1. The van der Waals surface area contributed by atoms with Crippen LogP contribution in [0.4, 0.5) is 10.5 Å². The third kappa shape index (κ3) is 3.99. The highest BCUT2D eigenvalue weighted by Crippen LogP contribution is 2.40. The first-order valence-electron chi connectivity index (χ1n) is 8.02. The minimum absolute atomic E-state index is 0.00632. The van der Waals surface area contributed by atoms with Gasteiger partial charge in [-0.3, -0.25) is 24.6 Å². The Morgan fingerprint density at radius 3 is 2.66 bits per heavy atom. The number of ether oxygens (including phenoxy) is 2. The van der Waals surface area contributed by atoms with Crippen molar-refractivity contribution in [3.05, 3.63) is 45.6 Å². The van der Waals surface area contributed by atoms with Crippen molar-refractivity contribution in [1.82, 2.24) is 10.2 Å². The third-order valence-corrected chi connectivity index (χ3v) is 5.45. The van der Waals surface area contributed by atoms with Gasteiger partial charge in [-0.2, -0.15) is 0 Å². The zero-order valence-electron chi connectivity index (χ0n) is 14.5. The quantitative estimate of drug-likeness (QED) is 0.157. The summed E-state index contributed by atoms with van der Waals surface area (Å²) < 4.78 is 9.80. The Morgan fingerprint density at radius 1 is 1.38 bits per heavy atom. The zero-order chi connectivity index (χ0) is 21.1. The van der Waals surface area contributed by atoms with E-state index in [2.05, 4.69) is 5.32 Å². The second-order valence-corrected chi connectivity index (χ2v) is 6.93. The number of benzene rings is 1. The van der Waals surface area contributed by atoms with Gasteiger partial charge in [0.1, 0.15) is 29.5 Å². The van der Waals surface area contributed by atoms with Crippen molar-refractivity contribution in [2.24, 2.45) is 0 Å². The summed E-state index contributed by atoms with van der Waals surface area (Å²) >= 11 is 1.22. The van der Waals surface area contributed by atoms with Gasteiger partial charge in [0.15, 0.2) is 0 Å². The Labute approximate surface area is 166 Å². The molecular formula is C16H13N3O9S. The van der Waals surface area contributed by atoms with Crippen LogP contribution in [0.2, 0.25) is 0 Å². The van der Waals surface area contributed by atoms with Gasteiger partial charge < -0.3 is 19.9 Å². The number of fused-ring (bicyclic) bond motifs is 1. The van der Waals surface area contributed by atoms with E-state index in [0.29, 0.717) is 6.41 Å². The smallest absolute Gasteiger partial charge is 0.477 e. The van der Waals surface area contributed by atoms with Gasteiger partial charge in [0, 0.05) is 23.5 Å². The molecule has 2 N–H and O–H groups in total. The lowest BCUT2D eigenvalue weighted by atomic mass is 10.0. The van der Waals surface area contributed by atoms with E-state index in [1.54, 1.807) is 0 Å². The topological polar surface area (TPSA) is 165 Å². The normalized spacial score (nSPS) is 20.3. The number of β-lactam (4-membered cyclic amide) rings is 1. The van der Waals surface area contributed by atoms with Gasteiger partial charge in [-0.25, -0.2) is 9.59 Å². The summed E-state index contributed by atoms with van der Waals surface area (Å²) in [5.74, 6) is -1.77. The van der Waals surface area contributed by atoms with Crippen LogP contribution in [-0.2, 0) is 19.1 Å². The summed E-state index contributed by atoms with van der Waals surface area (Å²) in [6.45, 7) is -0.428. The molecule has 0 aliphatic carbocycles. The summed E-state index contributed by atoms with van der Waals surface area (Å²) in [6.07, 6.45) is -0.768. The molecule has 2 atom stereocenters. The summed E-state index contributed by atoms with van der Waals surface area (Å²) in [7, 11) is 0. The van der Waals surface area contributed by atoms with E-state index in [1.165, 1.54) is 23.9 Å². The number of nitrogens with one attached hydrogen (secondary N) is 1. The minimum atomic E-state index is -1.37. The number of nitro benzene ring substituents is 1. The van der Waals surface area contributed by atoms with Crippen molar-refractivity contribution in [2.45, 2.75) is 11.4 Å². The van der Waals surface area contributed by atoms with Crippen LogP contribution < -0.4 is 10.1 Å². The van der Waals surface area contributed by atoms with E-state index >= 15 is 0 Å². The predicted octanol–water partition coefficient (Wildman–Crippen LogP) is 0.479. The molecule has 1 saturated heterocycles. The largest absolute Gasteiger partial charge is 0.514 e. The van der Waals surface area contributed by atoms with Crippen molar-refractivity contribution in [3.63, 3.8) is 0 Å². The highest BCUT2D eigenvalue weighted by atomic mass is 32.2. The summed E-state index contributed by atoms with van der Waals surface area (Å²) in [5.41, 5.74) is -0.291. The Hall–Kier alpha value is -3.61. The lowest BCUT2D eigenvalue weighted by Crippen LogP contribution is -2.69. The van der Waals surface area contributed by atoms with Gasteiger partial charge in [-0.1, -0.05) is 0 Å². The number of carbonyl (C=O) groups is 4. The van der Waals surface area contributed by atoms with Gasteiger partial charge in [0.2, 0.25) is 6.41 Å². The number of thioether (sulfide) groups is 1. The van der Waals surface area contributed by atoms with E-state index in [9.17, 15) is 34.4 Å². The molecule has 2 aliphatic heterocycles. The maximum atomic E-state index is 12.1. The second kappa shape index (κ2) is 8.18. The van der Waals surface area contributed by atoms with Crippen LogP contribution in [0.15, 0.2) is 35.5 Å². The number of carboxylic acids is 1. The molecule has 0 saturated carbocycles. The molecule has 1 aromatic rings. The number of amides is 2. The van der Waals surface area contributed by atoms with Crippen LogP contribution >= 0.6 is 11.8 Å². The summed E-state index contributed by atoms with van der Waals surface area (Å²) in [4.78, 5) is 57.1. The third-order valence-electron chi connectivity index (χ3n) is 4.11. The first kappa shape index (κ1) is 20.1. The number of nitro groups is 1. The number of carbonyl (C=O) groups excluding carboxylic acids is 3. The number of rotatable bonds is 7. The molecule has 3 rings (SSSR count). The van der Waals surface area contributed by atoms with Gasteiger partial charge >= 0.3 is 12.1 Å². The van der Waals surface area contributed by atoms with Crippen molar-refractivity contribution < 1.29 is 38.7 Å². The van der Waals surface area contributed by atoms with Crippen LogP contribution in [0.3, 0.4) is 0 Å². The Bertz CT molecular complexity index is 915. The molecule has 2 heterocycles. The number of nitrogens with zero attached hydrogens (tertiary/aromatic N) is 2. The number of hydrogen-bond acceptors (Lipinski definition) is 9. The fourth-order valence-corrected chi connectivity index (χ4v) is 4.13. The summed E-state index contributed by atoms with van der Waals surface area (Å²) in [5, 5.41) is 21.9.